The smallest absolute Gasteiger partial charge is 0.0143 e. The van der Waals surface area contributed by atoms with E-state index < -0.39 is 0 Å². The molecule has 2 fully saturated rings. The van der Waals surface area contributed by atoms with Gasteiger partial charge in [-0.15, -0.1) is 6.58 Å². The number of hydrogen-bond acceptors (Lipinski definition) is 0. The summed E-state index contributed by atoms with van der Waals surface area (Å²) < 4.78 is 0. The van der Waals surface area contributed by atoms with Crippen molar-refractivity contribution in [3.63, 3.8) is 0 Å². The minimum Gasteiger partial charge on any atom is -0.103 e. The van der Waals surface area contributed by atoms with E-state index in [9.17, 15) is 0 Å². The molecule has 0 aliphatic heterocycles. The molecule has 0 radical (unpaired) electrons. The lowest BCUT2D eigenvalue weighted by Gasteiger charge is -2.44. The molecule has 5 unspecified atom stereocenters. The Morgan fingerprint density at radius 1 is 1.26 bits per heavy atom. The molecule has 23 heavy (non-hydrogen) atoms. The molecule has 0 saturated heterocycles. The normalized spacial score (nSPS) is 34.8. The quantitative estimate of drug-likeness (QED) is 0.411. The Balaban J connectivity index is 2.05. The van der Waals surface area contributed by atoms with Crippen LogP contribution in [0.2, 0.25) is 0 Å². The van der Waals surface area contributed by atoms with Crippen LogP contribution < -0.4 is 0 Å². The summed E-state index contributed by atoms with van der Waals surface area (Å²) >= 11 is 0. The largest absolute Gasteiger partial charge is 0.103 e. The van der Waals surface area contributed by atoms with Gasteiger partial charge in [0.15, 0.2) is 0 Å². The Kier molecular flexibility index (Phi) is 6.74. The standard InChI is InChI=1S/C23H38/c1-6-11-20-14-10-17-23(5)21(15-16-22(20)23)19(8-3)13-9-12-18(4)7-2/h6,8,11,18-19,21-22H,1,3,7,9-10,12-17H2,2,4-5H3. The average Bonchev–Trinajstić information content (AvgIpc) is 2.90. The minimum atomic E-state index is 0.502. The molecule has 2 rings (SSSR count). The van der Waals surface area contributed by atoms with Crippen LogP contribution in [-0.4, -0.2) is 0 Å². The third-order valence-electron chi connectivity index (χ3n) is 7.12. The van der Waals surface area contributed by atoms with E-state index in [-0.39, 0.29) is 0 Å². The molecular weight excluding hydrogens is 276 g/mol. The van der Waals surface area contributed by atoms with E-state index in [1.54, 1.807) is 5.57 Å². The van der Waals surface area contributed by atoms with E-state index in [0.29, 0.717) is 5.41 Å². The lowest BCUT2D eigenvalue weighted by Crippen LogP contribution is -2.36. The molecule has 0 nitrogen and oxygen atoms in total. The molecule has 0 amide bonds. The highest BCUT2D eigenvalue weighted by Crippen LogP contribution is 2.60. The summed E-state index contributed by atoms with van der Waals surface area (Å²) in [7, 11) is 0. The van der Waals surface area contributed by atoms with Gasteiger partial charge in [-0.2, -0.15) is 0 Å². The van der Waals surface area contributed by atoms with Crippen LogP contribution in [0.15, 0.2) is 37.0 Å². The van der Waals surface area contributed by atoms with Crippen molar-refractivity contribution in [3.8, 4) is 0 Å². The van der Waals surface area contributed by atoms with Gasteiger partial charge in [-0.1, -0.05) is 70.4 Å². The number of fused-ring (bicyclic) bond motifs is 1. The van der Waals surface area contributed by atoms with Crippen molar-refractivity contribution in [2.45, 2.75) is 78.6 Å². The van der Waals surface area contributed by atoms with Gasteiger partial charge in [-0.05, 0) is 67.6 Å². The Labute approximate surface area is 145 Å². The molecule has 0 aromatic heterocycles. The molecule has 5 atom stereocenters. The third-order valence-corrected chi connectivity index (χ3v) is 7.12. The molecule has 2 aliphatic carbocycles. The summed E-state index contributed by atoms with van der Waals surface area (Å²) in [6.45, 7) is 15.4. The molecule has 0 heterocycles. The maximum Gasteiger partial charge on any atom is -0.0143 e. The summed E-state index contributed by atoms with van der Waals surface area (Å²) in [4.78, 5) is 0. The molecule has 0 aromatic carbocycles. The van der Waals surface area contributed by atoms with Crippen LogP contribution in [0.1, 0.15) is 78.6 Å². The SMILES string of the molecule is C=CC=C1CCCC2(C)C1CCC2C(C=C)CCCC(C)CC. The molecule has 130 valence electrons. The van der Waals surface area contributed by atoms with Crippen molar-refractivity contribution in [2.24, 2.45) is 29.1 Å². The topological polar surface area (TPSA) is 0 Å². The molecule has 0 aromatic rings. The van der Waals surface area contributed by atoms with Crippen molar-refractivity contribution >= 4 is 0 Å². The lowest BCUT2D eigenvalue weighted by molar-refractivity contribution is 0.103. The van der Waals surface area contributed by atoms with Gasteiger partial charge in [0.25, 0.3) is 0 Å². The Bertz CT molecular complexity index is 429. The Hall–Kier alpha value is -0.780. The van der Waals surface area contributed by atoms with E-state index in [1.807, 2.05) is 6.08 Å². The Morgan fingerprint density at radius 3 is 2.70 bits per heavy atom. The maximum absolute atomic E-state index is 4.22. The van der Waals surface area contributed by atoms with E-state index >= 15 is 0 Å². The molecular formula is C23H38. The first-order valence-corrected chi connectivity index (χ1v) is 10.0. The van der Waals surface area contributed by atoms with Gasteiger partial charge in [0.1, 0.15) is 0 Å². The van der Waals surface area contributed by atoms with Crippen LogP contribution in [-0.2, 0) is 0 Å². The summed E-state index contributed by atoms with van der Waals surface area (Å²) in [6, 6.07) is 0. The zero-order chi connectivity index (χ0) is 16.9. The Morgan fingerprint density at radius 2 is 2.04 bits per heavy atom. The molecule has 2 aliphatic rings. The van der Waals surface area contributed by atoms with Crippen molar-refractivity contribution in [2.75, 3.05) is 0 Å². The van der Waals surface area contributed by atoms with Crippen LogP contribution in [0.4, 0.5) is 0 Å². The van der Waals surface area contributed by atoms with E-state index in [4.69, 9.17) is 0 Å². The van der Waals surface area contributed by atoms with Gasteiger partial charge in [0, 0.05) is 0 Å². The van der Waals surface area contributed by atoms with Crippen LogP contribution in [0.5, 0.6) is 0 Å². The van der Waals surface area contributed by atoms with E-state index in [0.717, 1.165) is 23.7 Å². The van der Waals surface area contributed by atoms with Gasteiger partial charge in [0.05, 0.1) is 0 Å². The first-order valence-electron chi connectivity index (χ1n) is 10.0. The predicted octanol–water partition coefficient (Wildman–Crippen LogP) is 7.33. The lowest BCUT2D eigenvalue weighted by atomic mass is 9.60. The van der Waals surface area contributed by atoms with Crippen molar-refractivity contribution in [3.05, 3.63) is 37.0 Å². The highest BCUT2D eigenvalue weighted by molar-refractivity contribution is 5.22. The van der Waals surface area contributed by atoms with Crippen LogP contribution in [0.3, 0.4) is 0 Å². The highest BCUT2D eigenvalue weighted by atomic mass is 14.5. The zero-order valence-corrected chi connectivity index (χ0v) is 15.8. The molecule has 0 bridgehead atoms. The zero-order valence-electron chi connectivity index (χ0n) is 15.8. The van der Waals surface area contributed by atoms with Gasteiger partial charge >= 0.3 is 0 Å². The van der Waals surface area contributed by atoms with Gasteiger partial charge in [-0.3, -0.25) is 0 Å². The fourth-order valence-corrected chi connectivity index (χ4v) is 5.52. The summed E-state index contributed by atoms with van der Waals surface area (Å²) in [6.07, 6.45) is 18.9. The van der Waals surface area contributed by atoms with Crippen LogP contribution in [0, 0.1) is 29.1 Å². The highest BCUT2D eigenvalue weighted by Gasteiger charge is 2.50. The number of rotatable bonds is 8. The monoisotopic (exact) mass is 314 g/mol. The van der Waals surface area contributed by atoms with Gasteiger partial charge < -0.3 is 0 Å². The third kappa shape index (κ3) is 4.01. The minimum absolute atomic E-state index is 0.502. The summed E-state index contributed by atoms with van der Waals surface area (Å²) in [5, 5.41) is 0. The average molecular weight is 315 g/mol. The molecule has 0 N–H and O–H groups in total. The number of hydrogen-bond donors (Lipinski definition) is 0. The second-order valence-electron chi connectivity index (χ2n) is 8.42. The molecule has 0 heteroatoms. The van der Waals surface area contributed by atoms with Crippen molar-refractivity contribution < 1.29 is 0 Å². The molecule has 0 spiro atoms. The first kappa shape index (κ1) is 18.6. The second kappa shape index (κ2) is 8.36. The van der Waals surface area contributed by atoms with Crippen molar-refractivity contribution in [1.29, 1.82) is 0 Å². The van der Waals surface area contributed by atoms with Gasteiger partial charge in [0.2, 0.25) is 0 Å². The van der Waals surface area contributed by atoms with E-state index in [1.165, 1.54) is 57.8 Å². The fraction of sp³-hybridized carbons (Fsp3) is 0.739. The van der Waals surface area contributed by atoms with Crippen LogP contribution in [0.25, 0.3) is 0 Å². The van der Waals surface area contributed by atoms with E-state index in [2.05, 4.69) is 46.1 Å². The van der Waals surface area contributed by atoms with Crippen molar-refractivity contribution in [1.82, 2.24) is 0 Å². The first-order chi connectivity index (χ1) is 11.1. The summed E-state index contributed by atoms with van der Waals surface area (Å²) in [5.41, 5.74) is 2.18. The molecule has 2 saturated carbocycles. The fourth-order valence-electron chi connectivity index (χ4n) is 5.52. The summed E-state index contributed by atoms with van der Waals surface area (Å²) in [5.74, 6) is 3.24. The maximum atomic E-state index is 4.22. The predicted molar refractivity (Wildman–Crippen MR) is 103 cm³/mol. The van der Waals surface area contributed by atoms with Crippen LogP contribution >= 0.6 is 0 Å². The number of allylic oxidation sites excluding steroid dienone is 4. The van der Waals surface area contributed by atoms with Gasteiger partial charge in [-0.25, -0.2) is 0 Å². The second-order valence-corrected chi connectivity index (χ2v) is 8.42.